The van der Waals surface area contributed by atoms with Gasteiger partial charge in [-0.05, 0) is 47.4 Å². The molecule has 0 bridgehead atoms. The zero-order valence-electron chi connectivity index (χ0n) is 17.4. The minimum atomic E-state index is -0.157. The zero-order valence-corrected chi connectivity index (χ0v) is 19.0. The summed E-state index contributed by atoms with van der Waals surface area (Å²) in [6.45, 7) is 4.05. The molecule has 2 aliphatic heterocycles. The van der Waals surface area contributed by atoms with Gasteiger partial charge in [0.25, 0.3) is 0 Å². The number of ether oxygens (including phenoxy) is 3. The maximum atomic E-state index is 13.4. The summed E-state index contributed by atoms with van der Waals surface area (Å²) in [5.74, 6) is 1.55. The number of carbonyl (C=O) groups excluding carboxylic acids is 1. The number of hydrogen-bond acceptors (Lipinski definition) is 5. The van der Waals surface area contributed by atoms with E-state index in [-0.39, 0.29) is 11.9 Å². The van der Waals surface area contributed by atoms with Gasteiger partial charge in [0.2, 0.25) is 5.91 Å². The summed E-state index contributed by atoms with van der Waals surface area (Å²) in [6.07, 6.45) is 0.789. The minimum absolute atomic E-state index is 0.144. The number of nitrogens with zero attached hydrogens (tertiary/aromatic N) is 2. The van der Waals surface area contributed by atoms with E-state index in [2.05, 4.69) is 33.0 Å². The van der Waals surface area contributed by atoms with Crippen molar-refractivity contribution in [2.45, 2.75) is 12.5 Å². The van der Waals surface area contributed by atoms with Crippen LogP contribution in [-0.4, -0.2) is 69.3 Å². The van der Waals surface area contributed by atoms with Gasteiger partial charge in [-0.15, -0.1) is 0 Å². The molecule has 0 N–H and O–H groups in total. The Kier molecular flexibility index (Phi) is 6.61. The molecule has 160 valence electrons. The first kappa shape index (κ1) is 21.2. The summed E-state index contributed by atoms with van der Waals surface area (Å²) < 4.78 is 17.5. The molecular weight excluding hydrogens is 448 g/mol. The van der Waals surface area contributed by atoms with Crippen LogP contribution in [0.25, 0.3) is 0 Å². The number of hydrogen-bond donors (Lipinski definition) is 0. The quantitative estimate of drug-likeness (QED) is 0.665. The zero-order chi connectivity index (χ0) is 21.1. The lowest BCUT2D eigenvalue weighted by Gasteiger charge is -2.39. The third-order valence-electron chi connectivity index (χ3n) is 5.84. The van der Waals surface area contributed by atoms with E-state index in [1.54, 1.807) is 14.2 Å². The number of halogens is 1. The highest BCUT2D eigenvalue weighted by atomic mass is 79.9. The van der Waals surface area contributed by atoms with E-state index in [4.69, 9.17) is 14.2 Å². The van der Waals surface area contributed by atoms with Crippen LogP contribution in [0.15, 0.2) is 40.9 Å². The molecule has 2 aliphatic rings. The third kappa shape index (κ3) is 4.33. The summed E-state index contributed by atoms with van der Waals surface area (Å²) in [6, 6.07) is 12.1. The van der Waals surface area contributed by atoms with Gasteiger partial charge in [-0.25, -0.2) is 0 Å². The van der Waals surface area contributed by atoms with Crippen LogP contribution in [0, 0.1) is 0 Å². The highest BCUT2D eigenvalue weighted by molar-refractivity contribution is 9.10. The van der Waals surface area contributed by atoms with Crippen molar-refractivity contribution >= 4 is 21.8 Å². The fourth-order valence-corrected chi connectivity index (χ4v) is 4.52. The Hall–Kier alpha value is -2.09. The number of benzene rings is 2. The molecule has 6 nitrogen and oxygen atoms in total. The summed E-state index contributed by atoms with van der Waals surface area (Å²) in [4.78, 5) is 17.6. The molecule has 0 radical (unpaired) electrons. The molecule has 2 heterocycles. The fourth-order valence-electron chi connectivity index (χ4n) is 4.26. The van der Waals surface area contributed by atoms with Gasteiger partial charge in [0.05, 0.1) is 40.0 Å². The van der Waals surface area contributed by atoms with Gasteiger partial charge >= 0.3 is 0 Å². The summed E-state index contributed by atoms with van der Waals surface area (Å²) in [7, 11) is 3.29. The summed E-state index contributed by atoms with van der Waals surface area (Å²) in [5.41, 5.74) is 3.37. The van der Waals surface area contributed by atoms with E-state index in [9.17, 15) is 4.79 Å². The molecule has 0 saturated carbocycles. The SMILES string of the molecule is COc1cc2c(cc1OC)C(c1ccc(Br)cc1)N(C(=O)CN1CCOCC1)CC2. The highest BCUT2D eigenvalue weighted by Crippen LogP contribution is 2.41. The Morgan fingerprint density at radius 1 is 1.07 bits per heavy atom. The van der Waals surface area contributed by atoms with Crippen molar-refractivity contribution in [1.29, 1.82) is 0 Å². The first-order chi connectivity index (χ1) is 14.6. The second-order valence-corrected chi connectivity index (χ2v) is 8.50. The molecular formula is C23H27BrN2O4. The maximum Gasteiger partial charge on any atom is 0.237 e. The monoisotopic (exact) mass is 474 g/mol. The van der Waals surface area contributed by atoms with Crippen molar-refractivity contribution in [3.8, 4) is 11.5 Å². The van der Waals surface area contributed by atoms with Crippen molar-refractivity contribution in [3.05, 3.63) is 57.6 Å². The standard InChI is InChI=1S/C23H27BrN2O4/c1-28-20-13-17-7-8-26(22(27)15-25-9-11-30-12-10-25)23(19(17)14-21(20)29-2)16-3-5-18(24)6-4-16/h3-6,13-14,23H,7-12,15H2,1-2H3. The largest absolute Gasteiger partial charge is 0.493 e. The van der Waals surface area contributed by atoms with E-state index >= 15 is 0 Å². The minimum Gasteiger partial charge on any atom is -0.493 e. The van der Waals surface area contributed by atoms with Gasteiger partial charge in [0, 0.05) is 24.1 Å². The molecule has 1 fully saturated rings. The number of amides is 1. The van der Waals surface area contributed by atoms with Gasteiger partial charge in [-0.1, -0.05) is 28.1 Å². The van der Waals surface area contributed by atoms with Crippen LogP contribution in [0.2, 0.25) is 0 Å². The molecule has 0 spiro atoms. The number of morpholine rings is 1. The molecule has 1 atom stereocenters. The van der Waals surface area contributed by atoms with Crippen molar-refractivity contribution in [1.82, 2.24) is 9.80 Å². The molecule has 7 heteroatoms. The Bertz CT molecular complexity index is 897. The summed E-state index contributed by atoms with van der Waals surface area (Å²) >= 11 is 3.52. The second kappa shape index (κ2) is 9.37. The smallest absolute Gasteiger partial charge is 0.237 e. The normalized spacial score (nSPS) is 19.3. The molecule has 30 heavy (non-hydrogen) atoms. The van der Waals surface area contributed by atoms with Crippen LogP contribution in [0.3, 0.4) is 0 Å². The van der Waals surface area contributed by atoms with Crippen molar-refractivity contribution in [2.24, 2.45) is 0 Å². The molecule has 1 saturated heterocycles. The first-order valence-electron chi connectivity index (χ1n) is 10.2. The van der Waals surface area contributed by atoms with Crippen LogP contribution in [0.4, 0.5) is 0 Å². The molecule has 2 aromatic rings. The molecule has 0 aliphatic carbocycles. The first-order valence-corrected chi connectivity index (χ1v) is 11.0. The topological polar surface area (TPSA) is 51.2 Å². The predicted molar refractivity (Wildman–Crippen MR) is 118 cm³/mol. The van der Waals surface area contributed by atoms with Gasteiger partial charge in [-0.2, -0.15) is 0 Å². The summed E-state index contributed by atoms with van der Waals surface area (Å²) in [5, 5.41) is 0. The lowest BCUT2D eigenvalue weighted by atomic mass is 9.87. The van der Waals surface area contributed by atoms with E-state index in [0.717, 1.165) is 40.9 Å². The average molecular weight is 475 g/mol. The third-order valence-corrected chi connectivity index (χ3v) is 6.37. The fraction of sp³-hybridized carbons (Fsp3) is 0.435. The van der Waals surface area contributed by atoms with Gasteiger partial charge in [0.1, 0.15) is 0 Å². The van der Waals surface area contributed by atoms with Crippen LogP contribution in [0.5, 0.6) is 11.5 Å². The van der Waals surface area contributed by atoms with Gasteiger partial charge < -0.3 is 19.1 Å². The van der Waals surface area contributed by atoms with E-state index < -0.39 is 0 Å². The van der Waals surface area contributed by atoms with E-state index in [0.29, 0.717) is 32.1 Å². The maximum absolute atomic E-state index is 13.4. The Morgan fingerprint density at radius 3 is 2.40 bits per heavy atom. The van der Waals surface area contributed by atoms with Crippen LogP contribution < -0.4 is 9.47 Å². The molecule has 2 aromatic carbocycles. The van der Waals surface area contributed by atoms with Crippen LogP contribution in [0.1, 0.15) is 22.7 Å². The Morgan fingerprint density at radius 2 is 1.73 bits per heavy atom. The Balaban J connectivity index is 1.71. The van der Waals surface area contributed by atoms with Crippen molar-refractivity contribution in [3.63, 3.8) is 0 Å². The van der Waals surface area contributed by atoms with E-state index in [1.165, 1.54) is 5.56 Å². The predicted octanol–water partition coefficient (Wildman–Crippen LogP) is 3.27. The van der Waals surface area contributed by atoms with E-state index in [1.807, 2.05) is 29.2 Å². The van der Waals surface area contributed by atoms with Crippen LogP contribution in [-0.2, 0) is 16.0 Å². The number of rotatable bonds is 5. The number of carbonyl (C=O) groups is 1. The highest BCUT2D eigenvalue weighted by Gasteiger charge is 2.34. The van der Waals surface area contributed by atoms with Gasteiger partial charge in [-0.3, -0.25) is 9.69 Å². The molecule has 1 amide bonds. The van der Waals surface area contributed by atoms with Gasteiger partial charge in [0.15, 0.2) is 11.5 Å². The number of methoxy groups -OCH3 is 2. The Labute approximate surface area is 185 Å². The van der Waals surface area contributed by atoms with Crippen molar-refractivity contribution < 1.29 is 19.0 Å². The van der Waals surface area contributed by atoms with Crippen LogP contribution >= 0.6 is 15.9 Å². The average Bonchev–Trinajstić information content (AvgIpc) is 2.78. The number of fused-ring (bicyclic) bond motifs is 1. The lowest BCUT2D eigenvalue weighted by Crippen LogP contribution is -2.48. The molecule has 1 unspecified atom stereocenters. The second-order valence-electron chi connectivity index (χ2n) is 7.59. The molecule has 4 rings (SSSR count). The molecule has 0 aromatic heterocycles. The van der Waals surface area contributed by atoms with Crippen molar-refractivity contribution in [2.75, 3.05) is 53.6 Å². The lowest BCUT2D eigenvalue weighted by molar-refractivity contribution is -0.135.